The van der Waals surface area contributed by atoms with Gasteiger partial charge >= 0.3 is 0 Å². The van der Waals surface area contributed by atoms with Gasteiger partial charge in [-0.1, -0.05) is 19.1 Å². The van der Waals surface area contributed by atoms with E-state index in [2.05, 4.69) is 0 Å². The summed E-state index contributed by atoms with van der Waals surface area (Å²) >= 11 is 0. The van der Waals surface area contributed by atoms with Crippen molar-refractivity contribution in [2.45, 2.75) is 30.6 Å². The fourth-order valence-electron chi connectivity index (χ4n) is 5.78. The van der Waals surface area contributed by atoms with Crippen molar-refractivity contribution in [3.63, 3.8) is 0 Å². The maximum absolute atomic E-state index is 13.8. The van der Waals surface area contributed by atoms with E-state index in [4.69, 9.17) is 10.5 Å². The van der Waals surface area contributed by atoms with Gasteiger partial charge in [0.05, 0.1) is 17.5 Å². The lowest BCUT2D eigenvalue weighted by atomic mass is 9.54. The van der Waals surface area contributed by atoms with Crippen molar-refractivity contribution in [2.75, 3.05) is 14.1 Å². The molecule has 0 radical (unpaired) electrons. The molecule has 6 atom stereocenters. The van der Waals surface area contributed by atoms with Crippen LogP contribution in [0.2, 0.25) is 0 Å². The Kier molecular flexibility index (Phi) is 5.29. The summed E-state index contributed by atoms with van der Waals surface area (Å²) in [7, 11) is 2.90. The quantitative estimate of drug-likeness (QED) is 0.287. The number of carbonyl (C=O) groups excluding carboxylic acids is 4. The molecule has 1 saturated carbocycles. The Morgan fingerprint density at radius 1 is 1.21 bits per heavy atom. The van der Waals surface area contributed by atoms with Crippen LogP contribution in [-0.2, 0) is 23.9 Å². The van der Waals surface area contributed by atoms with Crippen molar-refractivity contribution in [3.8, 4) is 5.75 Å². The van der Waals surface area contributed by atoms with E-state index in [0.29, 0.717) is 5.56 Å². The van der Waals surface area contributed by atoms with Crippen LogP contribution < -0.4 is 5.73 Å². The third kappa shape index (κ3) is 2.77. The van der Waals surface area contributed by atoms with Crippen molar-refractivity contribution in [1.29, 1.82) is 0 Å². The van der Waals surface area contributed by atoms with Crippen LogP contribution in [0.5, 0.6) is 5.75 Å². The summed E-state index contributed by atoms with van der Waals surface area (Å²) in [5.41, 5.74) is 1.40. The minimum absolute atomic E-state index is 0.0452. The first-order chi connectivity index (χ1) is 15.9. The molecular formula is C23H24N2O9. The number of aliphatic hydroxyl groups excluding tert-OH is 2. The lowest BCUT2D eigenvalue weighted by Gasteiger charge is -2.54. The van der Waals surface area contributed by atoms with Gasteiger partial charge in [0, 0.05) is 11.5 Å². The number of benzene rings is 1. The molecule has 34 heavy (non-hydrogen) atoms. The topological polar surface area (TPSA) is 188 Å². The number of amides is 1. The maximum atomic E-state index is 13.8. The van der Waals surface area contributed by atoms with Crippen LogP contribution in [0, 0.1) is 11.8 Å². The molecule has 0 aliphatic heterocycles. The van der Waals surface area contributed by atoms with Crippen molar-refractivity contribution in [3.05, 3.63) is 46.2 Å². The molecule has 0 unspecified atom stereocenters. The number of likely N-dealkylation sites (N-methyl/N-ethyl adjacent to an activating group) is 1. The Morgan fingerprint density at radius 2 is 1.85 bits per heavy atom. The molecule has 4 rings (SSSR count). The Balaban J connectivity index is 2.11. The Labute approximate surface area is 193 Å². The molecule has 11 nitrogen and oxygen atoms in total. The molecular weight excluding hydrogens is 448 g/mol. The minimum atomic E-state index is -2.93. The normalized spacial score (nSPS) is 32.8. The van der Waals surface area contributed by atoms with Gasteiger partial charge in [-0.05, 0) is 31.6 Å². The monoisotopic (exact) mass is 472 g/mol. The molecule has 1 aromatic rings. The summed E-state index contributed by atoms with van der Waals surface area (Å²) in [4.78, 5) is 51.9. The first kappa shape index (κ1) is 23.5. The van der Waals surface area contributed by atoms with E-state index in [1.807, 2.05) is 0 Å². The van der Waals surface area contributed by atoms with Gasteiger partial charge in [-0.2, -0.15) is 0 Å². The third-order valence-electron chi connectivity index (χ3n) is 7.18. The van der Waals surface area contributed by atoms with Gasteiger partial charge in [-0.15, -0.1) is 0 Å². The van der Waals surface area contributed by atoms with Gasteiger partial charge in [-0.3, -0.25) is 24.1 Å². The predicted molar refractivity (Wildman–Crippen MR) is 115 cm³/mol. The number of hydrogen-bond donors (Lipinski definition) is 5. The number of carbonyl (C=O) groups is 4. The number of fused-ring (bicyclic) bond motifs is 3. The number of nitrogens with two attached hydrogens (primary N) is 1. The molecule has 0 saturated heterocycles. The van der Waals surface area contributed by atoms with Gasteiger partial charge in [0.25, 0.3) is 12.4 Å². The Hall–Kier alpha value is -3.70. The molecule has 3 aliphatic rings. The lowest BCUT2D eigenvalue weighted by Crippen LogP contribution is -2.70. The number of aliphatic hydroxyl groups is 3. The standard InChI is InChI=1S/C23H24N2O9/c1-8-9-5-4-6-10(27)12(9)17(28)13-11(8)19(34-7-26)15-16(25(2)3)18(29)14(22(24)32)21(31)23(15,33)20(13)30/h4-8,11,15-16,19,27-28,31,33H,1-3H3,(H2,24,32)/t8-,11+,15+,16-,19-,23-/m0/s1. The van der Waals surface area contributed by atoms with Crippen LogP contribution in [0.15, 0.2) is 35.1 Å². The predicted octanol–water partition coefficient (Wildman–Crippen LogP) is -0.323. The zero-order valence-corrected chi connectivity index (χ0v) is 18.6. The highest BCUT2D eigenvalue weighted by Crippen LogP contribution is 2.56. The Morgan fingerprint density at radius 3 is 2.41 bits per heavy atom. The van der Waals surface area contributed by atoms with E-state index in [1.165, 1.54) is 25.1 Å². The van der Waals surface area contributed by atoms with E-state index < -0.39 is 75.6 Å². The smallest absolute Gasteiger partial charge is 0.293 e. The summed E-state index contributed by atoms with van der Waals surface area (Å²) in [5.74, 6) is -8.99. The zero-order chi connectivity index (χ0) is 25.3. The zero-order valence-electron chi connectivity index (χ0n) is 18.6. The van der Waals surface area contributed by atoms with Gasteiger partial charge < -0.3 is 30.9 Å². The summed E-state index contributed by atoms with van der Waals surface area (Å²) in [6.07, 6.45) is -1.39. The molecule has 0 bridgehead atoms. The second kappa shape index (κ2) is 7.67. The van der Waals surface area contributed by atoms with Crippen molar-refractivity contribution >= 4 is 29.7 Å². The van der Waals surface area contributed by atoms with E-state index in [1.54, 1.807) is 19.1 Å². The fourth-order valence-corrected chi connectivity index (χ4v) is 5.78. The third-order valence-corrected chi connectivity index (χ3v) is 7.18. The molecule has 0 spiro atoms. The minimum Gasteiger partial charge on any atom is -0.508 e. The van der Waals surface area contributed by atoms with Crippen LogP contribution in [-0.4, -0.2) is 81.1 Å². The number of aromatic hydroxyl groups is 1. The summed E-state index contributed by atoms with van der Waals surface area (Å²) in [6, 6.07) is 3.07. The first-order valence-corrected chi connectivity index (χ1v) is 10.5. The highest BCUT2D eigenvalue weighted by atomic mass is 16.5. The number of ether oxygens (including phenoxy) is 1. The second-order valence-corrected chi connectivity index (χ2v) is 9.00. The van der Waals surface area contributed by atoms with Crippen LogP contribution in [0.1, 0.15) is 24.0 Å². The maximum Gasteiger partial charge on any atom is 0.293 e. The molecule has 1 amide bonds. The molecule has 180 valence electrons. The van der Waals surface area contributed by atoms with Crippen LogP contribution in [0.3, 0.4) is 0 Å². The molecule has 11 heteroatoms. The number of ketones is 2. The molecule has 0 aromatic heterocycles. The van der Waals surface area contributed by atoms with Crippen LogP contribution in [0.25, 0.3) is 5.76 Å². The van der Waals surface area contributed by atoms with Gasteiger partial charge in [-0.25, -0.2) is 0 Å². The highest BCUT2D eigenvalue weighted by Gasteiger charge is 2.69. The largest absolute Gasteiger partial charge is 0.508 e. The number of hydrogen-bond acceptors (Lipinski definition) is 10. The summed E-state index contributed by atoms with van der Waals surface area (Å²) < 4.78 is 5.34. The van der Waals surface area contributed by atoms with Gasteiger partial charge in [0.15, 0.2) is 11.4 Å². The van der Waals surface area contributed by atoms with Gasteiger partial charge in [0.1, 0.15) is 28.9 Å². The van der Waals surface area contributed by atoms with Crippen LogP contribution in [0.4, 0.5) is 0 Å². The fraction of sp³-hybridized carbons (Fsp3) is 0.391. The van der Waals surface area contributed by atoms with E-state index >= 15 is 0 Å². The van der Waals surface area contributed by atoms with Crippen molar-refractivity contribution in [1.82, 2.24) is 4.90 Å². The number of rotatable bonds is 4. The summed E-state index contributed by atoms with van der Waals surface area (Å²) in [6.45, 7) is 1.76. The molecule has 1 fully saturated rings. The molecule has 1 aromatic carbocycles. The molecule has 0 heterocycles. The lowest BCUT2D eigenvalue weighted by molar-refractivity contribution is -0.178. The first-order valence-electron chi connectivity index (χ1n) is 10.5. The van der Waals surface area contributed by atoms with E-state index in [9.17, 15) is 39.6 Å². The number of phenolic OH excluding ortho intramolecular Hbond substituents is 1. The number of Topliss-reactive ketones (excluding diaryl/α,β-unsaturated/α-hetero) is 2. The number of nitrogens with zero attached hydrogens (tertiary/aromatic N) is 1. The van der Waals surface area contributed by atoms with Crippen molar-refractivity contribution < 1.29 is 44.3 Å². The van der Waals surface area contributed by atoms with Crippen LogP contribution >= 0.6 is 0 Å². The Bertz CT molecular complexity index is 1200. The van der Waals surface area contributed by atoms with Gasteiger partial charge in [0.2, 0.25) is 5.78 Å². The number of phenols is 1. The average molecular weight is 472 g/mol. The summed E-state index contributed by atoms with van der Waals surface area (Å²) in [5, 5.41) is 44.0. The van der Waals surface area contributed by atoms with E-state index in [0.717, 1.165) is 0 Å². The second-order valence-electron chi connectivity index (χ2n) is 9.00. The number of primary amides is 1. The molecule has 3 aliphatic carbocycles. The SMILES string of the molecule is C[C@H]1c2cccc(O)c2C(O)=C2C(=O)[C@]3(O)C(O)=C(C(N)=O)C(=O)[C@@H](N(C)C)[C@@H]3[C@@H](OC=O)[C@@H]21. The molecule has 6 N–H and O–H groups in total. The average Bonchev–Trinajstić information content (AvgIpc) is 2.75. The van der Waals surface area contributed by atoms with E-state index in [-0.39, 0.29) is 17.8 Å². The highest BCUT2D eigenvalue weighted by molar-refractivity contribution is 6.24. The van der Waals surface area contributed by atoms with Crippen molar-refractivity contribution in [2.24, 2.45) is 17.6 Å².